The lowest BCUT2D eigenvalue weighted by molar-refractivity contribution is -0.139. The van der Waals surface area contributed by atoms with E-state index in [4.69, 9.17) is 0 Å². The first-order valence-corrected chi connectivity index (χ1v) is 13.1. The number of carbonyl (C=O) groups is 2. The average Bonchev–Trinajstić information content (AvgIpc) is 3.24. The summed E-state index contributed by atoms with van der Waals surface area (Å²) in [5.74, 6) is 0.524. The Labute approximate surface area is 200 Å². The quantitative estimate of drug-likeness (QED) is 0.639. The number of hydrogen-bond acceptors (Lipinski definition) is 5. The topological polar surface area (TPSA) is 65.5 Å². The van der Waals surface area contributed by atoms with Crippen LogP contribution in [0, 0.1) is 10.8 Å². The zero-order chi connectivity index (χ0) is 22.9. The van der Waals surface area contributed by atoms with Crippen LogP contribution in [0.5, 0.6) is 0 Å². The van der Waals surface area contributed by atoms with Crippen molar-refractivity contribution in [1.29, 1.82) is 0 Å². The van der Waals surface area contributed by atoms with Crippen LogP contribution in [0.4, 0.5) is 0 Å². The maximum absolute atomic E-state index is 13.3. The van der Waals surface area contributed by atoms with E-state index in [-0.39, 0.29) is 22.8 Å². The molecule has 1 saturated carbocycles. The first kappa shape index (κ1) is 22.5. The molecular formula is C26H34N4O2S. The fourth-order valence-electron chi connectivity index (χ4n) is 5.26. The number of nitrogens with zero attached hydrogens (tertiary/aromatic N) is 3. The van der Waals surface area contributed by atoms with E-state index in [0.717, 1.165) is 70.3 Å². The van der Waals surface area contributed by atoms with Crippen LogP contribution in [0.15, 0.2) is 42.0 Å². The number of amides is 2. The van der Waals surface area contributed by atoms with Gasteiger partial charge in [-0.15, -0.1) is 11.3 Å². The summed E-state index contributed by atoms with van der Waals surface area (Å²) < 4.78 is 0. The monoisotopic (exact) mass is 466 g/mol. The highest BCUT2D eigenvalue weighted by molar-refractivity contribution is 7.10. The minimum atomic E-state index is -0.180. The number of aromatic nitrogens is 1. The van der Waals surface area contributed by atoms with Gasteiger partial charge < -0.3 is 15.1 Å². The number of thiophene rings is 1. The first-order chi connectivity index (χ1) is 16.0. The molecule has 2 amide bonds. The second kappa shape index (κ2) is 9.18. The minimum Gasteiger partial charge on any atom is -0.348 e. The molecule has 1 spiro atoms. The Balaban J connectivity index is 1.14. The van der Waals surface area contributed by atoms with Crippen LogP contribution < -0.4 is 5.32 Å². The Morgan fingerprint density at radius 2 is 1.94 bits per heavy atom. The summed E-state index contributed by atoms with van der Waals surface area (Å²) >= 11 is 1.72. The molecule has 33 heavy (non-hydrogen) atoms. The van der Waals surface area contributed by atoms with Crippen molar-refractivity contribution in [3.8, 4) is 0 Å². The van der Waals surface area contributed by atoms with Crippen LogP contribution in [0.3, 0.4) is 0 Å². The molecule has 7 heteroatoms. The summed E-state index contributed by atoms with van der Waals surface area (Å²) in [6, 6.07) is 8.24. The number of piperidine rings is 1. The largest absolute Gasteiger partial charge is 0.348 e. The molecule has 0 bridgehead atoms. The van der Waals surface area contributed by atoms with Crippen molar-refractivity contribution in [2.45, 2.75) is 58.0 Å². The Bertz CT molecular complexity index is 965. The molecule has 5 rings (SSSR count). The molecule has 3 aliphatic rings. The Morgan fingerprint density at radius 3 is 2.61 bits per heavy atom. The van der Waals surface area contributed by atoms with Crippen LogP contribution in [-0.4, -0.2) is 52.8 Å². The summed E-state index contributed by atoms with van der Waals surface area (Å²) in [5, 5.41) is 5.41. The number of hydrogen-bond donors (Lipinski definition) is 1. The molecule has 176 valence electrons. The normalized spacial score (nSPS) is 22.5. The fraction of sp³-hybridized carbons (Fsp3) is 0.577. The van der Waals surface area contributed by atoms with Crippen LogP contribution >= 0.6 is 11.3 Å². The molecule has 1 atom stereocenters. The molecule has 1 unspecified atom stereocenters. The Kier molecular flexibility index (Phi) is 6.27. The first-order valence-electron chi connectivity index (χ1n) is 12.2. The van der Waals surface area contributed by atoms with Crippen molar-refractivity contribution in [1.82, 2.24) is 20.1 Å². The maximum atomic E-state index is 13.3. The predicted molar refractivity (Wildman–Crippen MR) is 130 cm³/mol. The number of likely N-dealkylation sites (tertiary alicyclic amines) is 2. The SMILES string of the molecule is CC1(C(=O)NC(CCN2CCC3(CC2)CCN(Cc2cccnc2)C3=O)c2cccs2)CC1. The van der Waals surface area contributed by atoms with Crippen molar-refractivity contribution < 1.29 is 9.59 Å². The summed E-state index contributed by atoms with van der Waals surface area (Å²) in [4.78, 5) is 35.9. The van der Waals surface area contributed by atoms with Gasteiger partial charge in [0.1, 0.15) is 0 Å². The third-order valence-corrected chi connectivity index (χ3v) is 8.97. The lowest BCUT2D eigenvalue weighted by atomic mass is 9.77. The third-order valence-electron chi connectivity index (χ3n) is 7.98. The Hall–Kier alpha value is -2.25. The molecule has 1 aliphatic carbocycles. The van der Waals surface area contributed by atoms with Crippen molar-refractivity contribution in [2.24, 2.45) is 10.8 Å². The molecule has 0 radical (unpaired) electrons. The van der Waals surface area contributed by atoms with Crippen LogP contribution in [-0.2, 0) is 16.1 Å². The van der Waals surface area contributed by atoms with Gasteiger partial charge in [-0.2, -0.15) is 0 Å². The van der Waals surface area contributed by atoms with Gasteiger partial charge in [0.2, 0.25) is 11.8 Å². The fourth-order valence-corrected chi connectivity index (χ4v) is 6.07. The summed E-state index contributed by atoms with van der Waals surface area (Å²) in [5.41, 5.74) is 0.764. The van der Waals surface area contributed by atoms with Crippen molar-refractivity contribution in [2.75, 3.05) is 26.2 Å². The predicted octanol–water partition coefficient (Wildman–Crippen LogP) is 4.01. The average molecular weight is 467 g/mol. The molecule has 2 aromatic rings. The lowest BCUT2D eigenvalue weighted by Crippen LogP contribution is -2.45. The van der Waals surface area contributed by atoms with E-state index >= 15 is 0 Å². The molecule has 6 nitrogen and oxygen atoms in total. The standard InChI is InChI=1S/C26H34N4O2S/c1-25(7-8-25)23(31)28-21(22-5-3-17-33-22)6-13-29-14-9-26(10-15-29)11-16-30(24(26)32)19-20-4-2-12-27-18-20/h2-5,12,17-18,21H,6-11,13-16,19H2,1H3,(H,28,31). The van der Waals surface area contributed by atoms with E-state index in [1.165, 1.54) is 4.88 Å². The van der Waals surface area contributed by atoms with Gasteiger partial charge in [0.25, 0.3) is 0 Å². The Morgan fingerprint density at radius 1 is 1.15 bits per heavy atom. The van der Waals surface area contributed by atoms with E-state index in [2.05, 4.69) is 39.6 Å². The zero-order valence-electron chi connectivity index (χ0n) is 19.5. The number of pyridine rings is 1. The molecule has 2 aliphatic heterocycles. The van der Waals surface area contributed by atoms with E-state index in [0.29, 0.717) is 12.5 Å². The van der Waals surface area contributed by atoms with Gasteiger partial charge in [-0.1, -0.05) is 19.1 Å². The van der Waals surface area contributed by atoms with E-state index in [9.17, 15) is 9.59 Å². The lowest BCUT2D eigenvalue weighted by Gasteiger charge is -2.38. The highest BCUT2D eigenvalue weighted by Crippen LogP contribution is 2.46. The van der Waals surface area contributed by atoms with Gasteiger partial charge in [-0.25, -0.2) is 0 Å². The van der Waals surface area contributed by atoms with E-state index in [1.54, 1.807) is 17.5 Å². The summed E-state index contributed by atoms with van der Waals surface area (Å²) in [6.45, 7) is 6.43. The van der Waals surface area contributed by atoms with Gasteiger partial charge in [0.15, 0.2) is 0 Å². The van der Waals surface area contributed by atoms with E-state index in [1.807, 2.05) is 23.2 Å². The van der Waals surface area contributed by atoms with Gasteiger partial charge in [0.05, 0.1) is 11.5 Å². The van der Waals surface area contributed by atoms with Crippen LogP contribution in [0.1, 0.15) is 61.9 Å². The zero-order valence-corrected chi connectivity index (χ0v) is 20.3. The number of carbonyl (C=O) groups excluding carboxylic acids is 2. The van der Waals surface area contributed by atoms with Crippen molar-refractivity contribution in [3.05, 3.63) is 52.5 Å². The molecule has 1 N–H and O–H groups in total. The summed E-state index contributed by atoms with van der Waals surface area (Å²) in [6.07, 6.45) is 9.36. The smallest absolute Gasteiger partial charge is 0.229 e. The van der Waals surface area contributed by atoms with Crippen LogP contribution in [0.2, 0.25) is 0 Å². The molecular weight excluding hydrogens is 432 g/mol. The van der Waals surface area contributed by atoms with Crippen LogP contribution in [0.25, 0.3) is 0 Å². The van der Waals surface area contributed by atoms with E-state index < -0.39 is 0 Å². The second-order valence-corrected chi connectivity index (χ2v) is 11.3. The second-order valence-electron chi connectivity index (χ2n) is 10.4. The van der Waals surface area contributed by atoms with Gasteiger partial charge in [-0.05, 0) is 74.7 Å². The third kappa shape index (κ3) is 4.85. The molecule has 2 saturated heterocycles. The molecule has 0 aromatic carbocycles. The van der Waals surface area contributed by atoms with Gasteiger partial charge in [0, 0.05) is 42.3 Å². The van der Waals surface area contributed by atoms with Crippen molar-refractivity contribution >= 4 is 23.2 Å². The summed E-state index contributed by atoms with van der Waals surface area (Å²) in [7, 11) is 0. The van der Waals surface area contributed by atoms with Crippen molar-refractivity contribution in [3.63, 3.8) is 0 Å². The molecule has 3 fully saturated rings. The minimum absolute atomic E-state index is 0.0777. The number of nitrogens with one attached hydrogen (secondary N) is 1. The van der Waals surface area contributed by atoms with Gasteiger partial charge >= 0.3 is 0 Å². The highest BCUT2D eigenvalue weighted by Gasteiger charge is 2.48. The molecule has 2 aromatic heterocycles. The number of rotatable bonds is 8. The molecule has 4 heterocycles. The maximum Gasteiger partial charge on any atom is 0.229 e. The highest BCUT2D eigenvalue weighted by atomic mass is 32.1. The van der Waals surface area contributed by atoms with Gasteiger partial charge in [-0.3, -0.25) is 14.6 Å².